The summed E-state index contributed by atoms with van der Waals surface area (Å²) in [6, 6.07) is 10.1. The van der Waals surface area contributed by atoms with Crippen LogP contribution in [0.1, 0.15) is 18.4 Å². The van der Waals surface area contributed by atoms with E-state index in [-0.39, 0.29) is 5.91 Å². The van der Waals surface area contributed by atoms with Crippen LogP contribution in [0.25, 0.3) is 0 Å². The molecule has 1 rings (SSSR count). The fourth-order valence-corrected chi connectivity index (χ4v) is 1.17. The molecule has 3 nitrogen and oxygen atoms in total. The van der Waals surface area contributed by atoms with Crippen LogP contribution in [0.4, 0.5) is 0 Å². The second-order valence-corrected chi connectivity index (χ2v) is 2.91. The van der Waals surface area contributed by atoms with Crippen LogP contribution in [0.15, 0.2) is 30.3 Å². The Morgan fingerprint density at radius 1 is 1.31 bits per heavy atom. The third-order valence-electron chi connectivity index (χ3n) is 1.87. The second kappa shape index (κ2) is 5.32. The lowest BCUT2D eigenvalue weighted by Gasteiger charge is -2.00. The number of hydrogen-bond acceptors (Lipinski definition) is 2. The summed E-state index contributed by atoms with van der Waals surface area (Å²) in [5, 5.41) is 0. The molecule has 0 saturated heterocycles. The van der Waals surface area contributed by atoms with Crippen molar-refractivity contribution in [1.82, 2.24) is 5.43 Å². The lowest BCUT2D eigenvalue weighted by Crippen LogP contribution is -2.29. The van der Waals surface area contributed by atoms with Crippen LogP contribution in [0, 0.1) is 0 Å². The highest BCUT2D eigenvalue weighted by atomic mass is 16.2. The van der Waals surface area contributed by atoms with Crippen LogP contribution in [-0.2, 0) is 11.2 Å². The summed E-state index contributed by atoms with van der Waals surface area (Å²) in [6.45, 7) is 0. The van der Waals surface area contributed by atoms with Crippen LogP contribution >= 0.6 is 0 Å². The Bertz CT molecular complexity index is 259. The normalized spacial score (nSPS) is 9.62. The summed E-state index contributed by atoms with van der Waals surface area (Å²) >= 11 is 0. The van der Waals surface area contributed by atoms with Gasteiger partial charge in [-0.1, -0.05) is 30.3 Å². The number of amides is 1. The van der Waals surface area contributed by atoms with E-state index in [1.807, 2.05) is 18.2 Å². The predicted octanol–water partition coefficient (Wildman–Crippen LogP) is 0.999. The van der Waals surface area contributed by atoms with Gasteiger partial charge in [-0.15, -0.1) is 0 Å². The molecule has 0 aromatic heterocycles. The highest BCUT2D eigenvalue weighted by Crippen LogP contribution is 2.03. The predicted molar refractivity (Wildman–Crippen MR) is 51.7 cm³/mol. The molecule has 1 aromatic carbocycles. The van der Waals surface area contributed by atoms with Gasteiger partial charge in [0.25, 0.3) is 0 Å². The molecule has 0 aliphatic carbocycles. The van der Waals surface area contributed by atoms with Gasteiger partial charge in [0.05, 0.1) is 0 Å². The molecule has 0 spiro atoms. The summed E-state index contributed by atoms with van der Waals surface area (Å²) in [7, 11) is 0. The minimum absolute atomic E-state index is 0.101. The van der Waals surface area contributed by atoms with Crippen LogP contribution in [0.3, 0.4) is 0 Å². The van der Waals surface area contributed by atoms with Gasteiger partial charge in [-0.25, -0.2) is 5.84 Å². The standard InChI is InChI=1S/C10H14N2O/c11-12-10(13)8-4-7-9-5-2-1-3-6-9/h1-3,5-6H,4,7-8,11H2,(H,12,13). The summed E-state index contributed by atoms with van der Waals surface area (Å²) in [5.74, 6) is 4.85. The maximum atomic E-state index is 10.8. The van der Waals surface area contributed by atoms with Crippen LogP contribution < -0.4 is 11.3 Å². The Balaban J connectivity index is 2.24. The van der Waals surface area contributed by atoms with E-state index in [0.29, 0.717) is 6.42 Å². The first-order chi connectivity index (χ1) is 6.33. The smallest absolute Gasteiger partial charge is 0.233 e. The Kier molecular flexibility index (Phi) is 3.99. The molecule has 0 atom stereocenters. The van der Waals surface area contributed by atoms with E-state index in [1.165, 1.54) is 5.56 Å². The molecule has 0 aliphatic heterocycles. The van der Waals surface area contributed by atoms with Crippen molar-refractivity contribution in [3.63, 3.8) is 0 Å². The molecule has 0 radical (unpaired) electrons. The van der Waals surface area contributed by atoms with Gasteiger partial charge in [-0.3, -0.25) is 10.2 Å². The molecule has 1 amide bonds. The van der Waals surface area contributed by atoms with Crippen molar-refractivity contribution in [2.24, 2.45) is 5.84 Å². The SMILES string of the molecule is NNC(=O)CCCc1ccccc1. The van der Waals surface area contributed by atoms with Crippen molar-refractivity contribution in [2.45, 2.75) is 19.3 Å². The number of hydrogen-bond donors (Lipinski definition) is 2. The maximum Gasteiger partial charge on any atom is 0.233 e. The number of nitrogens with one attached hydrogen (secondary N) is 1. The first-order valence-electron chi connectivity index (χ1n) is 4.36. The van der Waals surface area contributed by atoms with Crippen molar-refractivity contribution in [2.75, 3.05) is 0 Å². The van der Waals surface area contributed by atoms with Gasteiger partial charge < -0.3 is 0 Å². The van der Waals surface area contributed by atoms with E-state index in [2.05, 4.69) is 17.6 Å². The Labute approximate surface area is 77.9 Å². The quantitative estimate of drug-likeness (QED) is 0.410. The van der Waals surface area contributed by atoms with Crippen molar-refractivity contribution in [3.05, 3.63) is 35.9 Å². The summed E-state index contributed by atoms with van der Waals surface area (Å²) in [6.07, 6.45) is 2.26. The van der Waals surface area contributed by atoms with Crippen molar-refractivity contribution in [1.29, 1.82) is 0 Å². The van der Waals surface area contributed by atoms with E-state index in [9.17, 15) is 4.79 Å². The lowest BCUT2D eigenvalue weighted by molar-refractivity contribution is -0.121. The molecule has 0 saturated carbocycles. The summed E-state index contributed by atoms with van der Waals surface area (Å²) in [5.41, 5.74) is 3.37. The number of hydrazine groups is 1. The zero-order valence-corrected chi connectivity index (χ0v) is 7.49. The third kappa shape index (κ3) is 3.71. The monoisotopic (exact) mass is 178 g/mol. The lowest BCUT2D eigenvalue weighted by atomic mass is 10.1. The zero-order chi connectivity index (χ0) is 9.52. The van der Waals surface area contributed by atoms with Gasteiger partial charge >= 0.3 is 0 Å². The Hall–Kier alpha value is -1.35. The number of aryl methyl sites for hydroxylation is 1. The van der Waals surface area contributed by atoms with E-state index in [0.717, 1.165) is 12.8 Å². The average molecular weight is 178 g/mol. The van der Waals surface area contributed by atoms with Gasteiger partial charge in [0.15, 0.2) is 0 Å². The molecule has 0 aliphatic rings. The zero-order valence-electron chi connectivity index (χ0n) is 7.49. The molecular weight excluding hydrogens is 164 g/mol. The summed E-state index contributed by atoms with van der Waals surface area (Å²) < 4.78 is 0. The van der Waals surface area contributed by atoms with Crippen LogP contribution in [0.5, 0.6) is 0 Å². The molecular formula is C10H14N2O. The largest absolute Gasteiger partial charge is 0.294 e. The maximum absolute atomic E-state index is 10.8. The molecule has 13 heavy (non-hydrogen) atoms. The molecule has 70 valence electrons. The number of carbonyl (C=O) groups is 1. The molecule has 3 N–H and O–H groups in total. The third-order valence-corrected chi connectivity index (χ3v) is 1.87. The van der Waals surface area contributed by atoms with Crippen LogP contribution in [0.2, 0.25) is 0 Å². The number of nitrogens with two attached hydrogens (primary N) is 1. The first kappa shape index (κ1) is 9.74. The van der Waals surface area contributed by atoms with Gasteiger partial charge in [0.2, 0.25) is 5.91 Å². The van der Waals surface area contributed by atoms with Gasteiger partial charge in [0, 0.05) is 6.42 Å². The van der Waals surface area contributed by atoms with E-state index in [1.54, 1.807) is 0 Å². The molecule has 0 bridgehead atoms. The number of benzene rings is 1. The van der Waals surface area contributed by atoms with Gasteiger partial charge in [0.1, 0.15) is 0 Å². The Morgan fingerprint density at radius 2 is 2.00 bits per heavy atom. The fourth-order valence-electron chi connectivity index (χ4n) is 1.17. The van der Waals surface area contributed by atoms with Crippen LogP contribution in [-0.4, -0.2) is 5.91 Å². The van der Waals surface area contributed by atoms with Gasteiger partial charge in [-0.2, -0.15) is 0 Å². The topological polar surface area (TPSA) is 55.1 Å². The fraction of sp³-hybridized carbons (Fsp3) is 0.300. The van der Waals surface area contributed by atoms with Crippen molar-refractivity contribution >= 4 is 5.91 Å². The number of rotatable bonds is 4. The minimum atomic E-state index is -0.101. The minimum Gasteiger partial charge on any atom is -0.294 e. The highest BCUT2D eigenvalue weighted by Gasteiger charge is 1.97. The van der Waals surface area contributed by atoms with E-state index in [4.69, 9.17) is 5.84 Å². The van der Waals surface area contributed by atoms with E-state index < -0.39 is 0 Å². The van der Waals surface area contributed by atoms with Gasteiger partial charge in [-0.05, 0) is 18.4 Å². The number of carbonyl (C=O) groups excluding carboxylic acids is 1. The van der Waals surface area contributed by atoms with Crippen molar-refractivity contribution < 1.29 is 4.79 Å². The van der Waals surface area contributed by atoms with Crippen molar-refractivity contribution in [3.8, 4) is 0 Å². The average Bonchev–Trinajstić information content (AvgIpc) is 2.19. The molecule has 3 heteroatoms. The van der Waals surface area contributed by atoms with E-state index >= 15 is 0 Å². The summed E-state index contributed by atoms with van der Waals surface area (Å²) in [4.78, 5) is 10.8. The molecule has 0 fully saturated rings. The first-order valence-corrected chi connectivity index (χ1v) is 4.36. The molecule has 0 heterocycles. The highest BCUT2D eigenvalue weighted by molar-refractivity contribution is 5.75. The molecule has 1 aromatic rings. The second-order valence-electron chi connectivity index (χ2n) is 2.91. The molecule has 0 unspecified atom stereocenters. The Morgan fingerprint density at radius 3 is 2.62 bits per heavy atom.